The zero-order valence-electron chi connectivity index (χ0n) is 23.5. The molecule has 1 spiro atoms. The number of ether oxygens (including phenoxy) is 1. The quantitative estimate of drug-likeness (QED) is 0.351. The van der Waals surface area contributed by atoms with Gasteiger partial charge in [0.2, 0.25) is 5.91 Å². The van der Waals surface area contributed by atoms with Gasteiger partial charge in [-0.1, -0.05) is 38.5 Å². The molecule has 7 atom stereocenters. The Bertz CT molecular complexity index is 1120. The third-order valence-electron chi connectivity index (χ3n) is 9.07. The molecule has 208 valence electrons. The number of nitrogens with zero attached hydrogens (tertiary/aromatic N) is 2. The van der Waals surface area contributed by atoms with E-state index >= 15 is 0 Å². The molecule has 7 nitrogen and oxygen atoms in total. The highest BCUT2D eigenvalue weighted by Crippen LogP contribution is 2.72. The fraction of sp³-hybridized carbons (Fsp3) is 0.633. The molecule has 0 aliphatic carbocycles. The van der Waals surface area contributed by atoms with Gasteiger partial charge in [-0.15, -0.1) is 18.3 Å². The van der Waals surface area contributed by atoms with Crippen molar-refractivity contribution in [2.24, 2.45) is 17.8 Å². The molecule has 8 heteroatoms. The van der Waals surface area contributed by atoms with E-state index in [2.05, 4.69) is 6.58 Å². The Morgan fingerprint density at radius 2 is 2.03 bits per heavy atom. The predicted molar refractivity (Wildman–Crippen MR) is 151 cm³/mol. The van der Waals surface area contributed by atoms with Crippen LogP contribution < -0.4 is 4.90 Å². The van der Waals surface area contributed by atoms with Gasteiger partial charge < -0.3 is 19.6 Å². The van der Waals surface area contributed by atoms with Crippen molar-refractivity contribution in [1.82, 2.24) is 4.90 Å². The van der Waals surface area contributed by atoms with Crippen LogP contribution in [0.5, 0.6) is 0 Å². The summed E-state index contributed by atoms with van der Waals surface area (Å²) in [6.07, 6.45) is 3.82. The predicted octanol–water partition coefficient (Wildman–Crippen LogP) is 4.27. The van der Waals surface area contributed by atoms with Crippen LogP contribution in [-0.4, -0.2) is 69.1 Å². The summed E-state index contributed by atoms with van der Waals surface area (Å²) in [6.45, 7) is 16.0. The number of aliphatic hydroxyl groups excluding tert-OH is 1. The number of hydrogen-bond acceptors (Lipinski definition) is 6. The number of benzene rings is 1. The highest BCUT2D eigenvalue weighted by atomic mass is 32.2. The smallest absolute Gasteiger partial charge is 0.311 e. The molecule has 2 amide bonds. The van der Waals surface area contributed by atoms with E-state index in [1.54, 1.807) is 34.6 Å². The summed E-state index contributed by atoms with van der Waals surface area (Å²) in [5.74, 6) is -2.08. The Morgan fingerprint density at radius 1 is 1.32 bits per heavy atom. The van der Waals surface area contributed by atoms with Crippen LogP contribution in [0.2, 0.25) is 0 Å². The first-order valence-corrected chi connectivity index (χ1v) is 14.6. The second-order valence-corrected chi connectivity index (χ2v) is 13.3. The fourth-order valence-electron chi connectivity index (χ4n) is 7.00. The number of rotatable bonds is 10. The van der Waals surface area contributed by atoms with Gasteiger partial charge in [0.15, 0.2) is 0 Å². The molecule has 2 unspecified atom stereocenters. The van der Waals surface area contributed by atoms with Crippen molar-refractivity contribution in [3.05, 3.63) is 42.0 Å². The van der Waals surface area contributed by atoms with E-state index in [0.717, 1.165) is 29.7 Å². The van der Waals surface area contributed by atoms with Crippen molar-refractivity contribution in [3.63, 3.8) is 0 Å². The Kier molecular flexibility index (Phi) is 8.06. The molecule has 3 fully saturated rings. The molecule has 2 bridgehead atoms. The van der Waals surface area contributed by atoms with Crippen LogP contribution >= 0.6 is 11.8 Å². The first kappa shape index (κ1) is 28.7. The molecule has 3 heterocycles. The largest absolute Gasteiger partial charge is 0.466 e. The first-order chi connectivity index (χ1) is 18.0. The highest BCUT2D eigenvalue weighted by Gasteiger charge is 2.78. The zero-order chi connectivity index (χ0) is 28.0. The van der Waals surface area contributed by atoms with E-state index < -0.39 is 33.4 Å². The summed E-state index contributed by atoms with van der Waals surface area (Å²) >= 11 is 1.63. The van der Waals surface area contributed by atoms with Crippen LogP contribution in [0.4, 0.5) is 5.69 Å². The number of carbonyl (C=O) groups is 3. The van der Waals surface area contributed by atoms with Crippen molar-refractivity contribution in [3.8, 4) is 0 Å². The van der Waals surface area contributed by atoms with Gasteiger partial charge in [-0.2, -0.15) is 0 Å². The lowest BCUT2D eigenvalue weighted by Gasteiger charge is -2.41. The second kappa shape index (κ2) is 10.7. The fourth-order valence-corrected chi connectivity index (χ4v) is 9.32. The van der Waals surface area contributed by atoms with Crippen molar-refractivity contribution in [1.29, 1.82) is 0 Å². The van der Waals surface area contributed by atoms with E-state index in [-0.39, 0.29) is 36.9 Å². The van der Waals surface area contributed by atoms with Crippen LogP contribution in [0, 0.1) is 31.6 Å². The molecule has 1 N–H and O–H groups in total. The number of likely N-dealkylation sites (tertiary alicyclic amines) is 1. The van der Waals surface area contributed by atoms with Gasteiger partial charge in [-0.05, 0) is 63.6 Å². The summed E-state index contributed by atoms with van der Waals surface area (Å²) in [4.78, 5) is 45.9. The van der Waals surface area contributed by atoms with E-state index in [0.29, 0.717) is 13.0 Å². The Balaban J connectivity index is 1.89. The normalized spacial score (nSPS) is 31.2. The van der Waals surface area contributed by atoms with Crippen LogP contribution in [0.1, 0.15) is 58.1 Å². The first-order valence-electron chi connectivity index (χ1n) is 13.8. The molecule has 38 heavy (non-hydrogen) atoms. The zero-order valence-corrected chi connectivity index (χ0v) is 24.3. The number of thioether (sulfide) groups is 1. The molecule has 0 aromatic heterocycles. The molecule has 1 aromatic rings. The molecule has 0 saturated carbocycles. The number of amides is 2. The van der Waals surface area contributed by atoms with E-state index in [9.17, 15) is 19.5 Å². The Labute approximate surface area is 231 Å². The standard InChI is InChI=1S/C30H42N2O5S/c1-8-15-31(21-16-18(4)11-12-20(21)6)27(35)25-30-14-13-29(7,38-30)24(28(36)37-10-3)23(30)26(34)32(25)22(17-33)19(5)9-2/h8,11-12,16,19,22-25,33H,1,9-10,13-15,17H2,2-7H3/t19-,22-,23-,24-,25?,29+,30?/m0/s1. The van der Waals surface area contributed by atoms with Crippen molar-refractivity contribution in [2.45, 2.75) is 82.4 Å². The lowest BCUT2D eigenvalue weighted by molar-refractivity contribution is -0.155. The van der Waals surface area contributed by atoms with E-state index in [1.165, 1.54) is 0 Å². The molecular weight excluding hydrogens is 500 g/mol. The van der Waals surface area contributed by atoms with Gasteiger partial charge in [-0.25, -0.2) is 0 Å². The molecule has 0 radical (unpaired) electrons. The number of carbonyl (C=O) groups excluding carboxylic acids is 3. The number of hydrogen-bond donors (Lipinski definition) is 1. The monoisotopic (exact) mass is 542 g/mol. The van der Waals surface area contributed by atoms with Gasteiger partial charge in [0.05, 0.1) is 35.8 Å². The van der Waals surface area contributed by atoms with Gasteiger partial charge >= 0.3 is 5.97 Å². The van der Waals surface area contributed by atoms with Crippen molar-refractivity contribution < 1.29 is 24.2 Å². The van der Waals surface area contributed by atoms with Crippen LogP contribution in [0.25, 0.3) is 0 Å². The van der Waals surface area contributed by atoms with E-state index in [1.807, 2.05) is 52.8 Å². The summed E-state index contributed by atoms with van der Waals surface area (Å²) < 4.78 is 4.24. The third kappa shape index (κ3) is 4.28. The maximum absolute atomic E-state index is 14.8. The molecule has 3 aliphatic heterocycles. The second-order valence-electron chi connectivity index (χ2n) is 11.4. The number of anilines is 1. The Hall–Kier alpha value is -2.32. The van der Waals surface area contributed by atoms with Gasteiger partial charge in [0, 0.05) is 17.0 Å². The molecule has 1 aromatic carbocycles. The van der Waals surface area contributed by atoms with Crippen molar-refractivity contribution >= 4 is 35.2 Å². The maximum atomic E-state index is 14.8. The maximum Gasteiger partial charge on any atom is 0.311 e. The minimum absolute atomic E-state index is 0.0260. The third-order valence-corrected chi connectivity index (χ3v) is 11.1. The number of aliphatic hydroxyl groups is 1. The van der Waals surface area contributed by atoms with Gasteiger partial charge in [0.25, 0.3) is 5.91 Å². The summed E-state index contributed by atoms with van der Waals surface area (Å²) in [5, 5.41) is 10.6. The average molecular weight is 543 g/mol. The number of aryl methyl sites for hydroxylation is 2. The van der Waals surface area contributed by atoms with E-state index in [4.69, 9.17) is 4.74 Å². The lowest BCUT2D eigenvalue weighted by atomic mass is 9.66. The summed E-state index contributed by atoms with van der Waals surface area (Å²) in [7, 11) is 0. The number of fused-ring (bicyclic) bond motifs is 1. The van der Waals surface area contributed by atoms with Crippen LogP contribution in [-0.2, 0) is 19.1 Å². The lowest BCUT2D eigenvalue weighted by Crippen LogP contribution is -2.58. The average Bonchev–Trinajstić information content (AvgIpc) is 3.45. The van der Waals surface area contributed by atoms with Crippen LogP contribution in [0.3, 0.4) is 0 Å². The Morgan fingerprint density at radius 3 is 2.63 bits per heavy atom. The van der Waals surface area contributed by atoms with Gasteiger partial charge in [0.1, 0.15) is 6.04 Å². The molecule has 4 rings (SSSR count). The molecule has 3 aliphatic rings. The van der Waals surface area contributed by atoms with Gasteiger partial charge in [-0.3, -0.25) is 14.4 Å². The summed E-state index contributed by atoms with van der Waals surface area (Å²) in [6, 6.07) is 4.67. The molecular formula is C30H42N2O5S. The minimum atomic E-state index is -0.808. The molecule has 3 saturated heterocycles. The summed E-state index contributed by atoms with van der Waals surface area (Å²) in [5.41, 5.74) is 2.77. The number of esters is 1. The highest BCUT2D eigenvalue weighted by molar-refractivity contribution is 8.02. The van der Waals surface area contributed by atoms with Crippen molar-refractivity contribution in [2.75, 3.05) is 24.7 Å². The SMILES string of the molecule is C=CCN(C(=O)C1N([C@@H](CO)[C@@H](C)CC)C(=O)[C@@H]2[C@@H](C(=O)OCC)[C@@]3(C)CCC12S3)c1cc(C)ccc1C. The van der Waals surface area contributed by atoms with Crippen LogP contribution in [0.15, 0.2) is 30.9 Å². The topological polar surface area (TPSA) is 87.2 Å². The minimum Gasteiger partial charge on any atom is -0.466 e.